The van der Waals surface area contributed by atoms with Crippen molar-refractivity contribution >= 4 is 18.7 Å². The van der Waals surface area contributed by atoms with Gasteiger partial charge in [-0.25, -0.2) is 4.98 Å². The first-order valence-corrected chi connectivity index (χ1v) is 3.43. The number of H-pyrrole nitrogens is 1. The zero-order valence-electron chi connectivity index (χ0n) is 6.63. The molecule has 1 aromatic rings. The average Bonchev–Trinajstić information content (AvgIpc) is 1.81. The van der Waals surface area contributed by atoms with Gasteiger partial charge in [0.25, 0.3) is 7.28 Å². The summed E-state index contributed by atoms with van der Waals surface area (Å²) in [5.41, 5.74) is 5.07. The van der Waals surface area contributed by atoms with E-state index in [2.05, 4.69) is 9.97 Å². The van der Waals surface area contributed by atoms with Gasteiger partial charge in [-0.3, -0.25) is 9.59 Å². The smallest absolute Gasteiger partial charge is 0.290 e. The monoisotopic (exact) mass is 165 g/mol. The minimum Gasteiger partial charge on any atom is -0.378 e. The van der Waals surface area contributed by atoms with Crippen LogP contribution in [0.25, 0.3) is 0 Å². The Hall–Kier alpha value is -1.59. The van der Waals surface area contributed by atoms with Gasteiger partial charge in [0.15, 0.2) is 5.81 Å². The van der Waals surface area contributed by atoms with Gasteiger partial charge in [-0.15, -0.1) is 0 Å². The molecular formula is C6H8BN3O2. The summed E-state index contributed by atoms with van der Waals surface area (Å²) >= 11 is 0. The van der Waals surface area contributed by atoms with E-state index < -0.39 is 5.81 Å². The molecule has 1 heterocycles. The molecule has 0 atom stereocenters. The van der Waals surface area contributed by atoms with Crippen LogP contribution in [-0.2, 0) is 0 Å². The van der Waals surface area contributed by atoms with Crippen LogP contribution < -0.4 is 16.9 Å². The normalized spacial score (nSPS) is 9.42. The van der Waals surface area contributed by atoms with Gasteiger partial charge in [0, 0.05) is 11.7 Å². The number of nitrogens with one attached hydrogen (secondary N) is 1. The number of carbonyl (C=O) groups excluding carboxylic acids is 1. The van der Waals surface area contributed by atoms with E-state index in [1.54, 1.807) is 6.92 Å². The second-order valence-electron chi connectivity index (χ2n) is 2.47. The Balaban J connectivity index is 3.01. The summed E-state index contributed by atoms with van der Waals surface area (Å²) in [5.74, 6) is -0.00810. The van der Waals surface area contributed by atoms with E-state index >= 15 is 0 Å². The molecule has 0 saturated carbocycles. The summed E-state index contributed by atoms with van der Waals surface area (Å²) in [7, 11) is 0.00472. The molecule has 1 amide bonds. The molecule has 6 heteroatoms. The zero-order valence-corrected chi connectivity index (χ0v) is 6.63. The molecule has 0 aliphatic heterocycles. The molecule has 62 valence electrons. The Labute approximate surface area is 69.3 Å². The summed E-state index contributed by atoms with van der Waals surface area (Å²) in [6, 6.07) is 1.26. The number of aromatic nitrogens is 2. The molecule has 0 fully saturated rings. The van der Waals surface area contributed by atoms with Crippen molar-refractivity contribution in [1.29, 1.82) is 0 Å². The summed E-state index contributed by atoms with van der Waals surface area (Å²) in [6.07, 6.45) is 0. The average molecular weight is 165 g/mol. The van der Waals surface area contributed by atoms with Crippen LogP contribution >= 0.6 is 0 Å². The van der Waals surface area contributed by atoms with Crippen LogP contribution in [0.2, 0.25) is 0 Å². The maximum Gasteiger partial charge on any atom is 0.290 e. The molecule has 5 nitrogen and oxygen atoms in total. The number of hydrogen-bond acceptors (Lipinski definition) is 3. The lowest BCUT2D eigenvalue weighted by molar-refractivity contribution is 0.266. The highest BCUT2D eigenvalue weighted by Gasteiger charge is 2.04. The van der Waals surface area contributed by atoms with E-state index in [1.165, 1.54) is 6.07 Å². The van der Waals surface area contributed by atoms with Gasteiger partial charge < -0.3 is 10.7 Å². The topological polar surface area (TPSA) is 88.8 Å². The Morgan fingerprint density at radius 1 is 1.75 bits per heavy atom. The van der Waals surface area contributed by atoms with E-state index in [9.17, 15) is 9.59 Å². The van der Waals surface area contributed by atoms with Crippen LogP contribution in [0.4, 0.5) is 4.79 Å². The zero-order chi connectivity index (χ0) is 9.14. The highest BCUT2D eigenvalue weighted by atomic mass is 16.1. The number of amides is 1. The fraction of sp³-hybridized carbons (Fsp3) is 0.167. The quantitative estimate of drug-likeness (QED) is 0.507. The van der Waals surface area contributed by atoms with Crippen molar-refractivity contribution in [3.05, 3.63) is 22.2 Å². The van der Waals surface area contributed by atoms with E-state index in [0.717, 1.165) is 0 Å². The predicted molar refractivity (Wildman–Crippen MR) is 46.0 cm³/mol. The van der Waals surface area contributed by atoms with Crippen molar-refractivity contribution in [3.8, 4) is 0 Å². The van der Waals surface area contributed by atoms with Crippen LogP contribution in [0, 0.1) is 6.92 Å². The first-order valence-electron chi connectivity index (χ1n) is 3.43. The highest BCUT2D eigenvalue weighted by molar-refractivity contribution is 6.83. The number of primary amides is 1. The third kappa shape index (κ3) is 2.23. The first-order chi connectivity index (χ1) is 5.58. The maximum absolute atomic E-state index is 10.8. The second-order valence-corrected chi connectivity index (χ2v) is 2.47. The standard InChI is InChI=1S/C6H8BN3O2/c1-3-9-4(7-6(8)12)2-5(11)10-3/h2,7H,1H3,(H2,8,12)(H,9,10,11). The van der Waals surface area contributed by atoms with Crippen molar-refractivity contribution in [3.63, 3.8) is 0 Å². The molecular weight excluding hydrogens is 157 g/mol. The summed E-state index contributed by atoms with van der Waals surface area (Å²) in [6.45, 7) is 1.64. The largest absolute Gasteiger partial charge is 0.378 e. The van der Waals surface area contributed by atoms with Gasteiger partial charge >= 0.3 is 0 Å². The Kier molecular flexibility index (Phi) is 2.28. The lowest BCUT2D eigenvalue weighted by Gasteiger charge is -1.95. The number of carbonyl (C=O) groups is 1. The van der Waals surface area contributed by atoms with Gasteiger partial charge in [-0.1, -0.05) is 0 Å². The number of nitrogens with two attached hydrogens (primary N) is 1. The maximum atomic E-state index is 10.8. The predicted octanol–water partition coefficient (Wildman–Crippen LogP) is -1.78. The molecule has 1 rings (SSSR count). The fourth-order valence-corrected chi connectivity index (χ4v) is 0.910. The minimum absolute atomic E-state index is 0.00472. The van der Waals surface area contributed by atoms with Crippen LogP contribution in [0.15, 0.2) is 10.9 Å². The van der Waals surface area contributed by atoms with Gasteiger partial charge in [-0.05, 0) is 6.92 Å². The Morgan fingerprint density at radius 3 is 2.92 bits per heavy atom. The molecule has 0 aromatic carbocycles. The minimum atomic E-state index is -0.493. The van der Waals surface area contributed by atoms with Crippen molar-refractivity contribution in [2.45, 2.75) is 6.92 Å². The first kappa shape index (κ1) is 8.51. The number of rotatable bonds is 2. The van der Waals surface area contributed by atoms with Crippen LogP contribution in [0.3, 0.4) is 0 Å². The highest BCUT2D eigenvalue weighted by Crippen LogP contribution is 1.74. The van der Waals surface area contributed by atoms with E-state index in [4.69, 9.17) is 5.73 Å². The third-order valence-electron chi connectivity index (χ3n) is 1.27. The van der Waals surface area contributed by atoms with Crippen molar-refractivity contribution in [2.24, 2.45) is 5.73 Å². The molecule has 0 unspecified atom stereocenters. The Bertz CT molecular complexity index is 360. The number of hydrogen-bond donors (Lipinski definition) is 2. The van der Waals surface area contributed by atoms with Gasteiger partial charge in [-0.2, -0.15) is 0 Å². The fourth-order valence-electron chi connectivity index (χ4n) is 0.910. The number of nitrogens with zero attached hydrogens (tertiary/aromatic N) is 1. The van der Waals surface area contributed by atoms with Crippen molar-refractivity contribution < 1.29 is 4.79 Å². The number of aryl methyl sites for hydroxylation is 1. The molecule has 0 aliphatic rings. The molecule has 3 N–H and O–H groups in total. The lowest BCUT2D eigenvalue weighted by atomic mass is 9.73. The van der Waals surface area contributed by atoms with Crippen LogP contribution in [-0.4, -0.2) is 23.1 Å². The molecule has 0 aliphatic carbocycles. The van der Waals surface area contributed by atoms with E-state index in [0.29, 0.717) is 11.4 Å². The molecule has 0 radical (unpaired) electrons. The van der Waals surface area contributed by atoms with Crippen molar-refractivity contribution in [2.75, 3.05) is 0 Å². The third-order valence-corrected chi connectivity index (χ3v) is 1.27. The molecule has 0 saturated heterocycles. The Morgan fingerprint density at radius 2 is 2.42 bits per heavy atom. The van der Waals surface area contributed by atoms with Gasteiger partial charge in [0.1, 0.15) is 5.82 Å². The SMILES string of the molecule is Cc1nc(BC(N)=O)cc(=O)[nH]1. The lowest BCUT2D eigenvalue weighted by Crippen LogP contribution is -2.34. The van der Waals surface area contributed by atoms with E-state index in [1.807, 2.05) is 0 Å². The van der Waals surface area contributed by atoms with Crippen LogP contribution in [0.1, 0.15) is 5.82 Å². The molecule has 0 spiro atoms. The molecule has 12 heavy (non-hydrogen) atoms. The summed E-state index contributed by atoms with van der Waals surface area (Å²) in [5, 5.41) is 0. The number of aromatic amines is 1. The molecule has 0 bridgehead atoms. The summed E-state index contributed by atoms with van der Waals surface area (Å²) in [4.78, 5) is 27.7. The van der Waals surface area contributed by atoms with Crippen LogP contribution in [0.5, 0.6) is 0 Å². The summed E-state index contributed by atoms with van der Waals surface area (Å²) < 4.78 is 0. The van der Waals surface area contributed by atoms with Gasteiger partial charge in [0.2, 0.25) is 5.56 Å². The van der Waals surface area contributed by atoms with Crippen molar-refractivity contribution in [1.82, 2.24) is 9.97 Å². The molecule has 1 aromatic heterocycles. The van der Waals surface area contributed by atoms with Gasteiger partial charge in [0.05, 0.1) is 0 Å². The second kappa shape index (κ2) is 3.21. The van der Waals surface area contributed by atoms with E-state index in [-0.39, 0.29) is 12.8 Å².